The standard InChI is InChI=1S/C17H22F2N8O/c1-10-11(25-28-24-10)7-27-9-20-12-13(26-6-5-17(18,19)8-26)21-15(22-14(12)27)23-16(2,3)4/h9H,5-8H2,1-4H3,(H,21,22,23). The monoisotopic (exact) mass is 392 g/mol. The number of rotatable bonds is 4. The fourth-order valence-corrected chi connectivity index (χ4v) is 3.13. The quantitative estimate of drug-likeness (QED) is 0.724. The first-order valence-electron chi connectivity index (χ1n) is 9.03. The van der Waals surface area contributed by atoms with Gasteiger partial charge in [0.05, 0.1) is 19.4 Å². The first kappa shape index (κ1) is 18.5. The van der Waals surface area contributed by atoms with Gasteiger partial charge < -0.3 is 14.8 Å². The number of fused-ring (bicyclic) bond motifs is 1. The van der Waals surface area contributed by atoms with Crippen LogP contribution in [0.4, 0.5) is 20.5 Å². The molecule has 4 rings (SSSR count). The first-order chi connectivity index (χ1) is 13.1. The van der Waals surface area contributed by atoms with Crippen LogP contribution in [0, 0.1) is 6.92 Å². The van der Waals surface area contributed by atoms with Gasteiger partial charge in [-0.1, -0.05) is 10.3 Å². The molecule has 0 bridgehead atoms. The zero-order valence-corrected chi connectivity index (χ0v) is 16.2. The molecule has 3 aromatic rings. The van der Waals surface area contributed by atoms with Gasteiger partial charge in [0.1, 0.15) is 11.4 Å². The van der Waals surface area contributed by atoms with Gasteiger partial charge in [-0.3, -0.25) is 0 Å². The number of nitrogens with zero attached hydrogens (tertiary/aromatic N) is 7. The zero-order chi connectivity index (χ0) is 20.1. The van der Waals surface area contributed by atoms with Gasteiger partial charge in [-0.05, 0) is 27.7 Å². The highest BCUT2D eigenvalue weighted by Crippen LogP contribution is 2.33. The van der Waals surface area contributed by atoms with Crippen LogP contribution < -0.4 is 10.2 Å². The van der Waals surface area contributed by atoms with E-state index in [1.807, 2.05) is 20.8 Å². The zero-order valence-electron chi connectivity index (χ0n) is 16.2. The summed E-state index contributed by atoms with van der Waals surface area (Å²) < 4.78 is 34.1. The average Bonchev–Trinajstić information content (AvgIpc) is 3.26. The molecule has 1 fully saturated rings. The lowest BCUT2D eigenvalue weighted by atomic mass is 10.1. The maximum atomic E-state index is 13.8. The second-order valence-electron chi connectivity index (χ2n) is 8.11. The Labute approximate surface area is 160 Å². The van der Waals surface area contributed by atoms with Crippen LogP contribution in [-0.2, 0) is 6.54 Å². The van der Waals surface area contributed by atoms with Crippen LogP contribution in [0.3, 0.4) is 0 Å². The van der Waals surface area contributed by atoms with Crippen LogP contribution in [0.15, 0.2) is 11.0 Å². The highest BCUT2D eigenvalue weighted by molar-refractivity contribution is 5.85. The van der Waals surface area contributed by atoms with E-state index in [4.69, 9.17) is 4.63 Å². The number of aryl methyl sites for hydroxylation is 1. The van der Waals surface area contributed by atoms with Crippen molar-refractivity contribution in [1.29, 1.82) is 0 Å². The van der Waals surface area contributed by atoms with E-state index in [-0.39, 0.29) is 25.0 Å². The number of hydrogen-bond donors (Lipinski definition) is 1. The summed E-state index contributed by atoms with van der Waals surface area (Å²) in [6.07, 6.45) is 1.40. The van der Waals surface area contributed by atoms with Crippen LogP contribution in [0.2, 0.25) is 0 Å². The van der Waals surface area contributed by atoms with Crippen molar-refractivity contribution in [2.24, 2.45) is 0 Å². The minimum absolute atomic E-state index is 0.203. The van der Waals surface area contributed by atoms with Crippen molar-refractivity contribution in [1.82, 2.24) is 29.8 Å². The predicted octanol–water partition coefficient (Wildman–Crippen LogP) is 2.62. The largest absolute Gasteiger partial charge is 0.350 e. The van der Waals surface area contributed by atoms with Crippen molar-refractivity contribution in [3.8, 4) is 0 Å². The van der Waals surface area contributed by atoms with Crippen LogP contribution in [0.5, 0.6) is 0 Å². The number of alkyl halides is 2. The molecule has 0 unspecified atom stereocenters. The molecule has 0 spiro atoms. The molecule has 1 aliphatic heterocycles. The summed E-state index contributed by atoms with van der Waals surface area (Å²) in [6, 6.07) is 0. The minimum Gasteiger partial charge on any atom is -0.350 e. The predicted molar refractivity (Wildman–Crippen MR) is 98.6 cm³/mol. The first-order valence-corrected chi connectivity index (χ1v) is 9.03. The number of imidazole rings is 1. The van der Waals surface area contributed by atoms with Crippen LogP contribution >= 0.6 is 0 Å². The third-order valence-electron chi connectivity index (χ3n) is 4.47. The number of hydrogen-bond acceptors (Lipinski definition) is 8. The molecule has 9 nitrogen and oxygen atoms in total. The molecule has 1 N–H and O–H groups in total. The Morgan fingerprint density at radius 2 is 2.04 bits per heavy atom. The molecular weight excluding hydrogens is 370 g/mol. The van der Waals surface area contributed by atoms with Crippen molar-refractivity contribution in [3.63, 3.8) is 0 Å². The fraction of sp³-hybridized carbons (Fsp3) is 0.588. The summed E-state index contributed by atoms with van der Waals surface area (Å²) in [6.45, 7) is 7.92. The van der Waals surface area contributed by atoms with E-state index >= 15 is 0 Å². The Morgan fingerprint density at radius 1 is 1.25 bits per heavy atom. The van der Waals surface area contributed by atoms with Gasteiger partial charge in [-0.15, -0.1) is 0 Å². The fourth-order valence-electron chi connectivity index (χ4n) is 3.13. The van der Waals surface area contributed by atoms with E-state index in [1.165, 1.54) is 0 Å². The summed E-state index contributed by atoms with van der Waals surface area (Å²) in [5.41, 5.74) is 2.04. The van der Waals surface area contributed by atoms with E-state index < -0.39 is 5.92 Å². The summed E-state index contributed by atoms with van der Waals surface area (Å²) in [4.78, 5) is 15.1. The minimum atomic E-state index is -2.74. The molecule has 0 aliphatic carbocycles. The number of halogens is 2. The van der Waals surface area contributed by atoms with Crippen LogP contribution in [0.1, 0.15) is 38.6 Å². The lowest BCUT2D eigenvalue weighted by molar-refractivity contribution is 0.0257. The molecule has 28 heavy (non-hydrogen) atoms. The van der Waals surface area contributed by atoms with Gasteiger partial charge >= 0.3 is 0 Å². The number of anilines is 2. The summed E-state index contributed by atoms with van der Waals surface area (Å²) in [5, 5.41) is 10.9. The average molecular weight is 392 g/mol. The SMILES string of the molecule is Cc1nonc1Cn1cnc2c(N3CCC(F)(F)C3)nc(NC(C)(C)C)nc21. The number of aromatic nitrogens is 6. The van der Waals surface area contributed by atoms with Crippen LogP contribution in [0.25, 0.3) is 11.2 Å². The van der Waals surface area contributed by atoms with Crippen molar-refractivity contribution in [2.75, 3.05) is 23.3 Å². The maximum absolute atomic E-state index is 13.8. The van der Waals surface area contributed by atoms with Crippen molar-refractivity contribution in [2.45, 2.75) is 52.1 Å². The Kier molecular flexibility index (Phi) is 4.20. The smallest absolute Gasteiger partial charge is 0.266 e. The normalized spacial score (nSPS) is 16.9. The Morgan fingerprint density at radius 3 is 2.64 bits per heavy atom. The van der Waals surface area contributed by atoms with Crippen molar-refractivity contribution >= 4 is 22.9 Å². The Bertz CT molecular complexity index is 1010. The molecule has 1 saturated heterocycles. The van der Waals surface area contributed by atoms with E-state index in [2.05, 4.69) is 30.6 Å². The van der Waals surface area contributed by atoms with Gasteiger partial charge in [0.25, 0.3) is 5.92 Å². The van der Waals surface area contributed by atoms with Crippen molar-refractivity contribution < 1.29 is 13.4 Å². The maximum Gasteiger partial charge on any atom is 0.266 e. The molecule has 0 saturated carbocycles. The molecule has 1 aliphatic rings. The molecule has 11 heteroatoms. The lowest BCUT2D eigenvalue weighted by Gasteiger charge is -2.23. The van der Waals surface area contributed by atoms with Crippen LogP contribution in [-0.4, -0.2) is 54.4 Å². The van der Waals surface area contributed by atoms with Gasteiger partial charge in [-0.25, -0.2) is 18.4 Å². The van der Waals surface area contributed by atoms with Gasteiger partial charge in [0.2, 0.25) is 5.95 Å². The van der Waals surface area contributed by atoms with E-state index in [1.54, 1.807) is 22.7 Å². The molecule has 0 radical (unpaired) electrons. The second-order valence-corrected chi connectivity index (χ2v) is 8.11. The van der Waals surface area contributed by atoms with E-state index in [0.717, 1.165) is 0 Å². The molecule has 150 valence electrons. The molecule has 3 aromatic heterocycles. The lowest BCUT2D eigenvalue weighted by Crippen LogP contribution is -2.29. The molecule has 0 atom stereocenters. The number of nitrogens with one attached hydrogen (secondary N) is 1. The summed E-state index contributed by atoms with van der Waals surface area (Å²) in [5.74, 6) is -1.97. The van der Waals surface area contributed by atoms with E-state index in [9.17, 15) is 8.78 Å². The Balaban J connectivity index is 1.80. The molecular formula is C17H22F2N8O. The van der Waals surface area contributed by atoms with Gasteiger partial charge in [0.15, 0.2) is 17.0 Å². The second kappa shape index (κ2) is 6.35. The topological polar surface area (TPSA) is 97.8 Å². The highest BCUT2D eigenvalue weighted by Gasteiger charge is 2.40. The molecule has 4 heterocycles. The van der Waals surface area contributed by atoms with E-state index in [0.29, 0.717) is 40.9 Å². The van der Waals surface area contributed by atoms with Gasteiger partial charge in [-0.2, -0.15) is 9.97 Å². The van der Waals surface area contributed by atoms with Crippen molar-refractivity contribution in [3.05, 3.63) is 17.7 Å². The third-order valence-corrected chi connectivity index (χ3v) is 4.47. The molecule has 0 aromatic carbocycles. The summed E-state index contributed by atoms with van der Waals surface area (Å²) in [7, 11) is 0. The van der Waals surface area contributed by atoms with Gasteiger partial charge in [0, 0.05) is 18.5 Å². The summed E-state index contributed by atoms with van der Waals surface area (Å²) >= 11 is 0. The highest BCUT2D eigenvalue weighted by atomic mass is 19.3. The Hall–Kier alpha value is -2.85. The molecule has 0 amide bonds. The third kappa shape index (κ3) is 3.60.